The molecule has 1 unspecified atom stereocenters. The smallest absolute Gasteiger partial charge is 0.127 e. The number of rotatable bonds is 6. The molecule has 134 valence electrons. The number of nitrogens with zero attached hydrogens (tertiary/aromatic N) is 1. The molecular formula is C22H28BrNO. The fourth-order valence-electron chi connectivity index (χ4n) is 3.41. The summed E-state index contributed by atoms with van der Waals surface area (Å²) in [5.41, 5.74) is 1.40. The molecule has 3 rings (SSSR count). The largest absolute Gasteiger partial charge is 0.457 e. The number of halogens is 1. The molecule has 1 fully saturated rings. The van der Waals surface area contributed by atoms with Gasteiger partial charge in [0.25, 0.3) is 0 Å². The van der Waals surface area contributed by atoms with Crippen LogP contribution in [-0.4, -0.2) is 24.5 Å². The third-order valence-corrected chi connectivity index (χ3v) is 5.60. The van der Waals surface area contributed by atoms with Gasteiger partial charge < -0.3 is 9.64 Å². The molecule has 1 aliphatic rings. The Balaban J connectivity index is 1.51. The van der Waals surface area contributed by atoms with Crippen molar-refractivity contribution in [2.45, 2.75) is 44.9 Å². The highest BCUT2D eigenvalue weighted by molar-refractivity contribution is 9.10. The van der Waals surface area contributed by atoms with E-state index in [4.69, 9.17) is 4.74 Å². The Labute approximate surface area is 160 Å². The summed E-state index contributed by atoms with van der Waals surface area (Å²) in [6, 6.07) is 16.5. The predicted molar refractivity (Wildman–Crippen MR) is 109 cm³/mol. The van der Waals surface area contributed by atoms with Crippen molar-refractivity contribution >= 4 is 15.9 Å². The van der Waals surface area contributed by atoms with Crippen LogP contribution in [0.2, 0.25) is 0 Å². The molecule has 0 N–H and O–H groups in total. The summed E-state index contributed by atoms with van der Waals surface area (Å²) in [6.45, 7) is 6.13. The van der Waals surface area contributed by atoms with Gasteiger partial charge in [-0.1, -0.05) is 47.8 Å². The van der Waals surface area contributed by atoms with Crippen LogP contribution in [0.1, 0.15) is 50.5 Å². The zero-order chi connectivity index (χ0) is 17.5. The van der Waals surface area contributed by atoms with Crippen LogP contribution >= 0.6 is 15.9 Å². The van der Waals surface area contributed by atoms with E-state index in [9.17, 15) is 0 Å². The van der Waals surface area contributed by atoms with E-state index in [0.29, 0.717) is 5.92 Å². The van der Waals surface area contributed by atoms with E-state index in [-0.39, 0.29) is 0 Å². The minimum Gasteiger partial charge on any atom is -0.457 e. The molecule has 0 saturated carbocycles. The highest BCUT2D eigenvalue weighted by atomic mass is 79.9. The van der Waals surface area contributed by atoms with E-state index in [1.165, 1.54) is 57.3 Å². The maximum absolute atomic E-state index is 5.91. The van der Waals surface area contributed by atoms with Crippen LogP contribution in [0.4, 0.5) is 0 Å². The molecule has 0 radical (unpaired) electrons. The van der Waals surface area contributed by atoms with Crippen LogP contribution in [0.15, 0.2) is 53.0 Å². The maximum Gasteiger partial charge on any atom is 0.127 e. The van der Waals surface area contributed by atoms with Crippen LogP contribution in [0.5, 0.6) is 11.5 Å². The SMILES string of the molecule is CC(CCN1CCCCCC1)c1ccc(Oc2ccc(Br)cc2)cc1. The zero-order valence-electron chi connectivity index (χ0n) is 15.1. The van der Waals surface area contributed by atoms with Crippen molar-refractivity contribution in [2.24, 2.45) is 0 Å². The van der Waals surface area contributed by atoms with Gasteiger partial charge in [-0.3, -0.25) is 0 Å². The normalized spacial score (nSPS) is 17.0. The highest BCUT2D eigenvalue weighted by Gasteiger charge is 2.12. The second kappa shape index (κ2) is 9.40. The summed E-state index contributed by atoms with van der Waals surface area (Å²) < 4.78 is 6.97. The molecule has 2 nitrogen and oxygen atoms in total. The van der Waals surface area contributed by atoms with Crippen molar-refractivity contribution in [3.05, 3.63) is 58.6 Å². The van der Waals surface area contributed by atoms with E-state index >= 15 is 0 Å². The average molecular weight is 402 g/mol. The molecule has 0 aliphatic carbocycles. The van der Waals surface area contributed by atoms with Crippen molar-refractivity contribution in [3.63, 3.8) is 0 Å². The molecule has 0 bridgehead atoms. The quantitative estimate of drug-likeness (QED) is 0.539. The fourth-order valence-corrected chi connectivity index (χ4v) is 3.67. The monoisotopic (exact) mass is 401 g/mol. The molecule has 0 spiro atoms. The highest BCUT2D eigenvalue weighted by Crippen LogP contribution is 2.26. The Morgan fingerprint density at radius 2 is 1.44 bits per heavy atom. The second-order valence-electron chi connectivity index (χ2n) is 7.07. The van der Waals surface area contributed by atoms with E-state index in [0.717, 1.165) is 16.0 Å². The first kappa shape index (κ1) is 18.5. The first-order valence-corrected chi connectivity index (χ1v) is 10.3. The molecule has 3 heteroatoms. The maximum atomic E-state index is 5.91. The average Bonchev–Trinajstić information content (AvgIpc) is 2.91. The van der Waals surface area contributed by atoms with Gasteiger partial charge in [-0.05, 0) is 86.8 Å². The van der Waals surface area contributed by atoms with Crippen LogP contribution in [0.3, 0.4) is 0 Å². The van der Waals surface area contributed by atoms with Gasteiger partial charge in [-0.2, -0.15) is 0 Å². The summed E-state index contributed by atoms with van der Waals surface area (Å²) >= 11 is 3.44. The van der Waals surface area contributed by atoms with Crippen molar-refractivity contribution < 1.29 is 4.74 Å². The Hall–Kier alpha value is -1.32. The summed E-state index contributed by atoms with van der Waals surface area (Å²) in [4.78, 5) is 2.65. The summed E-state index contributed by atoms with van der Waals surface area (Å²) in [6.07, 6.45) is 6.79. The lowest BCUT2D eigenvalue weighted by Gasteiger charge is -2.22. The van der Waals surface area contributed by atoms with Gasteiger partial charge >= 0.3 is 0 Å². The molecule has 1 aliphatic heterocycles. The summed E-state index contributed by atoms with van der Waals surface area (Å²) in [7, 11) is 0. The van der Waals surface area contributed by atoms with Gasteiger partial charge in [-0.25, -0.2) is 0 Å². The number of ether oxygens (including phenoxy) is 1. The van der Waals surface area contributed by atoms with Gasteiger partial charge in [-0.15, -0.1) is 0 Å². The van der Waals surface area contributed by atoms with Crippen molar-refractivity contribution in [2.75, 3.05) is 19.6 Å². The molecule has 0 aromatic heterocycles. The number of hydrogen-bond donors (Lipinski definition) is 0. The van der Waals surface area contributed by atoms with E-state index in [1.807, 2.05) is 24.3 Å². The Kier molecular flexibility index (Phi) is 6.94. The minimum absolute atomic E-state index is 0.588. The fraction of sp³-hybridized carbons (Fsp3) is 0.455. The van der Waals surface area contributed by atoms with Gasteiger partial charge in [0.15, 0.2) is 0 Å². The van der Waals surface area contributed by atoms with Crippen molar-refractivity contribution in [1.82, 2.24) is 4.90 Å². The van der Waals surface area contributed by atoms with Crippen molar-refractivity contribution in [1.29, 1.82) is 0 Å². The van der Waals surface area contributed by atoms with Crippen LogP contribution in [0, 0.1) is 0 Å². The third-order valence-electron chi connectivity index (χ3n) is 5.08. The standard InChI is InChI=1S/C22H28BrNO/c1-18(14-17-24-15-4-2-3-5-16-24)19-6-10-21(11-7-19)25-22-12-8-20(23)9-13-22/h6-13,18H,2-5,14-17H2,1H3. The van der Waals surface area contributed by atoms with Crippen LogP contribution in [-0.2, 0) is 0 Å². The molecule has 1 saturated heterocycles. The zero-order valence-corrected chi connectivity index (χ0v) is 16.7. The molecule has 2 aromatic rings. The van der Waals surface area contributed by atoms with Gasteiger partial charge in [0, 0.05) is 4.47 Å². The van der Waals surface area contributed by atoms with Gasteiger partial charge in [0.1, 0.15) is 11.5 Å². The van der Waals surface area contributed by atoms with E-state index in [1.54, 1.807) is 0 Å². The topological polar surface area (TPSA) is 12.5 Å². The molecule has 1 atom stereocenters. The Bertz CT molecular complexity index is 630. The van der Waals surface area contributed by atoms with Crippen LogP contribution < -0.4 is 4.74 Å². The first-order valence-electron chi connectivity index (χ1n) is 9.46. The summed E-state index contributed by atoms with van der Waals surface area (Å²) in [5.74, 6) is 2.35. The Morgan fingerprint density at radius 1 is 0.880 bits per heavy atom. The lowest BCUT2D eigenvalue weighted by Crippen LogP contribution is -2.26. The molecule has 1 heterocycles. The lowest BCUT2D eigenvalue weighted by atomic mass is 9.97. The summed E-state index contributed by atoms with van der Waals surface area (Å²) in [5, 5.41) is 0. The first-order chi connectivity index (χ1) is 12.2. The Morgan fingerprint density at radius 3 is 2.04 bits per heavy atom. The van der Waals surface area contributed by atoms with E-state index < -0.39 is 0 Å². The number of likely N-dealkylation sites (tertiary alicyclic amines) is 1. The second-order valence-corrected chi connectivity index (χ2v) is 7.99. The molecule has 0 amide bonds. The molecular weight excluding hydrogens is 374 g/mol. The van der Waals surface area contributed by atoms with Crippen molar-refractivity contribution in [3.8, 4) is 11.5 Å². The molecule has 2 aromatic carbocycles. The minimum atomic E-state index is 0.588. The van der Waals surface area contributed by atoms with Crippen LogP contribution in [0.25, 0.3) is 0 Å². The lowest BCUT2D eigenvalue weighted by molar-refractivity contribution is 0.275. The number of benzene rings is 2. The van der Waals surface area contributed by atoms with Gasteiger partial charge in [0.2, 0.25) is 0 Å². The van der Waals surface area contributed by atoms with E-state index in [2.05, 4.69) is 52.0 Å². The van der Waals surface area contributed by atoms with Gasteiger partial charge in [0.05, 0.1) is 0 Å². The number of hydrogen-bond acceptors (Lipinski definition) is 2. The molecule has 25 heavy (non-hydrogen) atoms. The predicted octanol–water partition coefficient (Wildman–Crippen LogP) is 6.61. The third kappa shape index (κ3) is 5.86.